The van der Waals surface area contributed by atoms with Gasteiger partial charge in [-0.15, -0.1) is 12.4 Å². The average Bonchev–Trinajstić information content (AvgIpc) is 2.49. The van der Waals surface area contributed by atoms with Gasteiger partial charge in [0.05, 0.1) is 11.3 Å². The number of likely N-dealkylation sites (tertiary alicyclic amines) is 1. The van der Waals surface area contributed by atoms with Gasteiger partial charge >= 0.3 is 6.03 Å². The molecule has 1 unspecified atom stereocenters. The van der Waals surface area contributed by atoms with Gasteiger partial charge < -0.3 is 21.3 Å². The van der Waals surface area contributed by atoms with E-state index in [1.165, 1.54) is 0 Å². The quantitative estimate of drug-likeness (QED) is 0.766. The van der Waals surface area contributed by atoms with Crippen LogP contribution in [0.4, 0.5) is 10.5 Å². The molecule has 2 rings (SSSR count). The number of benzene rings is 1. The molecule has 0 bridgehead atoms. The number of hydrogen-bond donors (Lipinski definition) is 3. The van der Waals surface area contributed by atoms with Gasteiger partial charge in [0.15, 0.2) is 0 Å². The number of nitrogens with two attached hydrogens (primary N) is 1. The number of carbonyl (C=O) groups is 2. The number of carbonyl (C=O) groups excluding carboxylic acids is 2. The number of hydrogen-bond acceptors (Lipinski definition) is 3. The number of rotatable bonds is 3. The third kappa shape index (κ3) is 5.34. The molecule has 1 aromatic carbocycles. The number of urea groups is 1. The Morgan fingerprint density at radius 1 is 1.28 bits per heavy atom. The smallest absolute Gasteiger partial charge is 0.319 e. The van der Waals surface area contributed by atoms with Crippen LogP contribution in [-0.2, 0) is 0 Å². The molecule has 1 heterocycles. The second-order valence-electron chi connectivity index (χ2n) is 7.41. The van der Waals surface area contributed by atoms with Crippen LogP contribution in [0, 0.1) is 5.41 Å². The molecule has 0 radical (unpaired) electrons. The molecule has 1 saturated heterocycles. The molecule has 140 valence electrons. The highest BCUT2D eigenvalue weighted by Crippen LogP contribution is 2.29. The minimum atomic E-state index is -0.314. The molecule has 0 saturated carbocycles. The Balaban J connectivity index is 0.00000312. The molecule has 3 amide bonds. The topological polar surface area (TPSA) is 87.5 Å². The van der Waals surface area contributed by atoms with E-state index in [0.29, 0.717) is 24.3 Å². The number of anilines is 1. The molecule has 6 nitrogen and oxygen atoms in total. The van der Waals surface area contributed by atoms with Crippen LogP contribution in [0.15, 0.2) is 24.3 Å². The van der Waals surface area contributed by atoms with Gasteiger partial charge in [-0.1, -0.05) is 26.0 Å². The molecule has 4 N–H and O–H groups in total. The summed E-state index contributed by atoms with van der Waals surface area (Å²) in [5.41, 5.74) is 7.06. The van der Waals surface area contributed by atoms with E-state index in [4.69, 9.17) is 5.73 Å². The summed E-state index contributed by atoms with van der Waals surface area (Å²) >= 11 is 0. The lowest BCUT2D eigenvalue weighted by Gasteiger charge is -2.42. The van der Waals surface area contributed by atoms with Crippen molar-refractivity contribution in [2.45, 2.75) is 46.2 Å². The SMILES string of the molecule is CC(C)NC(=O)Nc1ccccc1C(=O)N1CCC(N)C(C)(C)C1.Cl. The van der Waals surface area contributed by atoms with Crippen molar-refractivity contribution in [3.63, 3.8) is 0 Å². The average molecular weight is 369 g/mol. The molecule has 1 atom stereocenters. The van der Waals surface area contributed by atoms with E-state index in [2.05, 4.69) is 24.5 Å². The van der Waals surface area contributed by atoms with Crippen LogP contribution >= 0.6 is 12.4 Å². The summed E-state index contributed by atoms with van der Waals surface area (Å²) in [7, 11) is 0. The van der Waals surface area contributed by atoms with Crippen LogP contribution in [0.5, 0.6) is 0 Å². The maximum Gasteiger partial charge on any atom is 0.319 e. The highest BCUT2D eigenvalue weighted by molar-refractivity contribution is 6.03. The van der Waals surface area contributed by atoms with E-state index in [1.807, 2.05) is 18.7 Å². The predicted molar refractivity (Wildman–Crippen MR) is 103 cm³/mol. The molecular formula is C18H29ClN4O2. The van der Waals surface area contributed by atoms with Crippen molar-refractivity contribution in [2.24, 2.45) is 11.1 Å². The van der Waals surface area contributed by atoms with Crippen molar-refractivity contribution >= 4 is 30.0 Å². The third-order valence-electron chi connectivity index (χ3n) is 4.42. The molecule has 25 heavy (non-hydrogen) atoms. The summed E-state index contributed by atoms with van der Waals surface area (Å²) in [6, 6.07) is 6.90. The van der Waals surface area contributed by atoms with Crippen molar-refractivity contribution in [2.75, 3.05) is 18.4 Å². The van der Waals surface area contributed by atoms with Crippen LogP contribution in [0.2, 0.25) is 0 Å². The van der Waals surface area contributed by atoms with Crippen molar-refractivity contribution in [1.29, 1.82) is 0 Å². The third-order valence-corrected chi connectivity index (χ3v) is 4.42. The zero-order chi connectivity index (χ0) is 17.9. The van der Waals surface area contributed by atoms with E-state index in [9.17, 15) is 9.59 Å². The fraction of sp³-hybridized carbons (Fsp3) is 0.556. The maximum absolute atomic E-state index is 12.9. The van der Waals surface area contributed by atoms with E-state index in [0.717, 1.165) is 6.42 Å². The second-order valence-corrected chi connectivity index (χ2v) is 7.41. The Morgan fingerprint density at radius 2 is 1.92 bits per heavy atom. The summed E-state index contributed by atoms with van der Waals surface area (Å²) in [6.45, 7) is 9.18. The summed E-state index contributed by atoms with van der Waals surface area (Å²) in [6.07, 6.45) is 0.780. The van der Waals surface area contributed by atoms with E-state index >= 15 is 0 Å². The summed E-state index contributed by atoms with van der Waals surface area (Å²) < 4.78 is 0. The van der Waals surface area contributed by atoms with Gasteiger partial charge in [-0.05, 0) is 37.8 Å². The van der Waals surface area contributed by atoms with Gasteiger partial charge in [-0.3, -0.25) is 4.79 Å². The van der Waals surface area contributed by atoms with Gasteiger partial charge in [0.1, 0.15) is 0 Å². The normalized spacial score (nSPS) is 19.1. The monoisotopic (exact) mass is 368 g/mol. The number of nitrogens with one attached hydrogen (secondary N) is 2. The van der Waals surface area contributed by atoms with Crippen LogP contribution in [-0.4, -0.2) is 42.0 Å². The molecule has 7 heteroatoms. The number of amides is 3. The van der Waals surface area contributed by atoms with Crippen molar-refractivity contribution < 1.29 is 9.59 Å². The van der Waals surface area contributed by atoms with Gasteiger partial charge in [-0.25, -0.2) is 4.79 Å². The van der Waals surface area contributed by atoms with Crippen LogP contribution in [0.1, 0.15) is 44.5 Å². The molecule has 0 aromatic heterocycles. The molecule has 0 spiro atoms. The first-order valence-electron chi connectivity index (χ1n) is 8.42. The van der Waals surface area contributed by atoms with Crippen molar-refractivity contribution in [1.82, 2.24) is 10.2 Å². The molecule has 1 aliphatic rings. The highest BCUT2D eigenvalue weighted by Gasteiger charge is 2.36. The van der Waals surface area contributed by atoms with Crippen molar-refractivity contribution in [3.8, 4) is 0 Å². The highest BCUT2D eigenvalue weighted by atomic mass is 35.5. The van der Waals surface area contributed by atoms with E-state index in [-0.39, 0.29) is 41.8 Å². The van der Waals surface area contributed by atoms with Gasteiger partial charge in [-0.2, -0.15) is 0 Å². The van der Waals surface area contributed by atoms with Crippen LogP contribution in [0.3, 0.4) is 0 Å². The number of piperidine rings is 1. The minimum Gasteiger partial charge on any atom is -0.338 e. The van der Waals surface area contributed by atoms with Crippen molar-refractivity contribution in [3.05, 3.63) is 29.8 Å². The number of halogens is 1. The Kier molecular flexibility index (Phi) is 7.26. The largest absolute Gasteiger partial charge is 0.338 e. The van der Waals surface area contributed by atoms with Gasteiger partial charge in [0.25, 0.3) is 5.91 Å². The summed E-state index contributed by atoms with van der Waals surface area (Å²) in [4.78, 5) is 26.7. The Bertz CT molecular complexity index is 619. The zero-order valence-electron chi connectivity index (χ0n) is 15.3. The molecule has 1 fully saturated rings. The zero-order valence-corrected chi connectivity index (χ0v) is 16.2. The summed E-state index contributed by atoms with van der Waals surface area (Å²) in [5, 5.41) is 5.53. The fourth-order valence-electron chi connectivity index (χ4n) is 2.92. The van der Waals surface area contributed by atoms with Gasteiger partial charge in [0, 0.05) is 25.2 Å². The van der Waals surface area contributed by atoms with E-state index in [1.54, 1.807) is 24.3 Å². The lowest BCUT2D eigenvalue weighted by Crippen LogP contribution is -2.54. The maximum atomic E-state index is 12.9. The molecule has 1 aliphatic heterocycles. The Hall–Kier alpha value is -1.79. The number of nitrogens with zero attached hydrogens (tertiary/aromatic N) is 1. The lowest BCUT2D eigenvalue weighted by molar-refractivity contribution is 0.0534. The second kappa shape index (κ2) is 8.54. The molecule has 0 aliphatic carbocycles. The molecule has 1 aromatic rings. The standard InChI is InChI=1S/C18H28N4O2.ClH/c1-12(2)20-17(24)21-14-8-6-5-7-13(14)16(23)22-10-9-15(19)18(3,4)11-22;/h5-8,12,15H,9-11,19H2,1-4H3,(H2,20,21,24);1H. The van der Waals surface area contributed by atoms with E-state index < -0.39 is 0 Å². The van der Waals surface area contributed by atoms with Gasteiger partial charge in [0.2, 0.25) is 0 Å². The Morgan fingerprint density at radius 3 is 2.52 bits per heavy atom. The minimum absolute atomic E-state index is 0. The summed E-state index contributed by atoms with van der Waals surface area (Å²) in [5.74, 6) is -0.0737. The first kappa shape index (κ1) is 21.3. The first-order valence-corrected chi connectivity index (χ1v) is 8.42. The Labute approximate surface area is 155 Å². The lowest BCUT2D eigenvalue weighted by atomic mass is 9.79. The fourth-order valence-corrected chi connectivity index (χ4v) is 2.92. The predicted octanol–water partition coefficient (Wildman–Crippen LogP) is 2.84. The number of para-hydroxylation sites is 1. The first-order chi connectivity index (χ1) is 11.2. The molecular weight excluding hydrogens is 340 g/mol. The van der Waals surface area contributed by atoms with Crippen LogP contribution < -0.4 is 16.4 Å². The van der Waals surface area contributed by atoms with Crippen LogP contribution in [0.25, 0.3) is 0 Å².